The van der Waals surface area contributed by atoms with Crippen molar-refractivity contribution in [3.8, 4) is 0 Å². The van der Waals surface area contributed by atoms with Crippen LogP contribution < -0.4 is 11.5 Å². The lowest BCUT2D eigenvalue weighted by atomic mass is 9.65. The molecule has 1 aromatic rings. The first-order chi connectivity index (χ1) is 8.72. The highest BCUT2D eigenvalue weighted by Gasteiger charge is 2.44. The van der Waals surface area contributed by atoms with Crippen LogP contribution in [-0.2, 0) is 6.42 Å². The lowest BCUT2D eigenvalue weighted by molar-refractivity contribution is 0.193. The molecule has 1 aromatic heterocycles. The topological polar surface area (TPSA) is 64.9 Å². The number of nitrogens with zero attached hydrogens (tertiary/aromatic N) is 1. The van der Waals surface area contributed by atoms with Gasteiger partial charge in [0, 0.05) is 29.4 Å². The van der Waals surface area contributed by atoms with Gasteiger partial charge in [0.1, 0.15) is 0 Å². The van der Waals surface area contributed by atoms with Crippen LogP contribution in [0.3, 0.4) is 0 Å². The summed E-state index contributed by atoms with van der Waals surface area (Å²) in [6.07, 6.45) is 9.96. The second-order valence-corrected chi connectivity index (χ2v) is 5.96. The quantitative estimate of drug-likeness (QED) is 0.796. The summed E-state index contributed by atoms with van der Waals surface area (Å²) in [5.41, 5.74) is 15.5. The van der Waals surface area contributed by atoms with Crippen LogP contribution in [0.15, 0.2) is 18.3 Å². The molecule has 1 fully saturated rings. The molecule has 3 atom stereocenters. The number of fused-ring (bicyclic) bond motifs is 1. The monoisotopic (exact) mass is 245 g/mol. The van der Waals surface area contributed by atoms with E-state index >= 15 is 0 Å². The Bertz CT molecular complexity index is 432. The maximum absolute atomic E-state index is 6.73. The van der Waals surface area contributed by atoms with E-state index in [9.17, 15) is 0 Å². The van der Waals surface area contributed by atoms with Crippen LogP contribution in [0.2, 0.25) is 0 Å². The normalized spacial score (nSPS) is 36.1. The predicted molar refractivity (Wildman–Crippen MR) is 73.3 cm³/mol. The summed E-state index contributed by atoms with van der Waals surface area (Å²) in [4.78, 5) is 4.62. The van der Waals surface area contributed by atoms with E-state index in [1.165, 1.54) is 30.5 Å². The minimum absolute atomic E-state index is 0.129. The summed E-state index contributed by atoms with van der Waals surface area (Å²) >= 11 is 0. The minimum Gasteiger partial charge on any atom is -0.326 e. The molecule has 0 bridgehead atoms. The van der Waals surface area contributed by atoms with Gasteiger partial charge in [-0.1, -0.05) is 18.9 Å². The fourth-order valence-corrected chi connectivity index (χ4v) is 3.81. The Morgan fingerprint density at radius 2 is 2.11 bits per heavy atom. The van der Waals surface area contributed by atoms with Gasteiger partial charge in [-0.05, 0) is 43.7 Å². The van der Waals surface area contributed by atoms with Crippen molar-refractivity contribution in [2.45, 2.75) is 62.4 Å². The highest BCUT2D eigenvalue weighted by atomic mass is 14.9. The van der Waals surface area contributed by atoms with E-state index in [1.807, 2.05) is 12.3 Å². The van der Waals surface area contributed by atoms with Gasteiger partial charge in [0.05, 0.1) is 0 Å². The van der Waals surface area contributed by atoms with Gasteiger partial charge >= 0.3 is 0 Å². The van der Waals surface area contributed by atoms with Gasteiger partial charge in [0.2, 0.25) is 0 Å². The van der Waals surface area contributed by atoms with Crippen molar-refractivity contribution < 1.29 is 0 Å². The molecule has 4 N–H and O–H groups in total. The van der Waals surface area contributed by atoms with Gasteiger partial charge in [-0.2, -0.15) is 0 Å². The van der Waals surface area contributed by atoms with Gasteiger partial charge in [-0.25, -0.2) is 0 Å². The first-order valence-electron chi connectivity index (χ1n) is 7.20. The molecule has 3 rings (SSSR count). The second kappa shape index (κ2) is 4.63. The van der Waals surface area contributed by atoms with Crippen LogP contribution in [0.4, 0.5) is 0 Å². The molecule has 1 heterocycles. The number of pyridine rings is 1. The highest BCUT2D eigenvalue weighted by Crippen LogP contribution is 2.43. The molecule has 0 aromatic carbocycles. The molecule has 0 aliphatic heterocycles. The van der Waals surface area contributed by atoms with Crippen molar-refractivity contribution in [1.82, 2.24) is 4.98 Å². The first kappa shape index (κ1) is 12.1. The van der Waals surface area contributed by atoms with E-state index in [2.05, 4.69) is 11.1 Å². The third-order valence-corrected chi connectivity index (χ3v) is 4.91. The molecule has 1 saturated carbocycles. The van der Waals surface area contributed by atoms with Gasteiger partial charge < -0.3 is 11.5 Å². The van der Waals surface area contributed by atoms with Crippen molar-refractivity contribution in [2.24, 2.45) is 11.5 Å². The predicted octanol–water partition coefficient (Wildman–Crippen LogP) is 2.10. The lowest BCUT2D eigenvalue weighted by Gasteiger charge is -2.46. The minimum atomic E-state index is -0.234. The van der Waals surface area contributed by atoms with Crippen LogP contribution in [0, 0.1) is 0 Å². The number of aryl methyl sites for hydroxylation is 1. The Morgan fingerprint density at radius 1 is 1.22 bits per heavy atom. The summed E-state index contributed by atoms with van der Waals surface area (Å²) in [6.45, 7) is 0. The Hall–Kier alpha value is -0.930. The molecule has 1 unspecified atom stereocenters. The molecule has 18 heavy (non-hydrogen) atoms. The zero-order chi connectivity index (χ0) is 12.6. The van der Waals surface area contributed by atoms with E-state index < -0.39 is 0 Å². The Labute approximate surface area is 109 Å². The Balaban J connectivity index is 1.97. The molecule has 0 radical (unpaired) electrons. The standard InChI is InChI=1S/C15H23N3/c16-13-8-1-2-9-15(13,17)12-7-3-5-11-6-4-10-18-14(11)12/h4,6,10,12-13H,1-3,5,7-9,16-17H2/t12?,13-,15-/m0/s1. The molecule has 3 heteroatoms. The molecular formula is C15H23N3. The summed E-state index contributed by atoms with van der Waals surface area (Å²) in [6, 6.07) is 4.36. The van der Waals surface area contributed by atoms with Gasteiger partial charge in [-0.15, -0.1) is 0 Å². The van der Waals surface area contributed by atoms with E-state index in [-0.39, 0.29) is 11.6 Å². The van der Waals surface area contributed by atoms with E-state index in [0.29, 0.717) is 5.92 Å². The summed E-state index contributed by atoms with van der Waals surface area (Å²) in [5.74, 6) is 0.359. The van der Waals surface area contributed by atoms with Crippen LogP contribution in [0.5, 0.6) is 0 Å². The van der Waals surface area contributed by atoms with Crippen molar-refractivity contribution in [3.05, 3.63) is 29.6 Å². The zero-order valence-corrected chi connectivity index (χ0v) is 10.9. The van der Waals surface area contributed by atoms with E-state index in [4.69, 9.17) is 11.5 Å². The van der Waals surface area contributed by atoms with Gasteiger partial charge in [0.15, 0.2) is 0 Å². The SMILES string of the molecule is N[C@H]1CCCC[C@]1(N)C1CCCc2cccnc21. The molecule has 0 spiro atoms. The molecular weight excluding hydrogens is 222 g/mol. The Kier molecular flexibility index (Phi) is 3.12. The van der Waals surface area contributed by atoms with E-state index in [1.54, 1.807) is 0 Å². The average Bonchev–Trinajstić information content (AvgIpc) is 2.41. The smallest absolute Gasteiger partial charge is 0.0485 e. The summed E-state index contributed by atoms with van der Waals surface area (Å²) in [5, 5.41) is 0. The first-order valence-corrected chi connectivity index (χ1v) is 7.20. The van der Waals surface area contributed by atoms with Crippen LogP contribution in [-0.4, -0.2) is 16.6 Å². The van der Waals surface area contributed by atoms with Crippen LogP contribution in [0.25, 0.3) is 0 Å². The largest absolute Gasteiger partial charge is 0.326 e. The summed E-state index contributed by atoms with van der Waals surface area (Å²) in [7, 11) is 0. The van der Waals surface area contributed by atoms with Gasteiger partial charge in [0.25, 0.3) is 0 Å². The second-order valence-electron chi connectivity index (χ2n) is 5.96. The third-order valence-electron chi connectivity index (χ3n) is 4.91. The molecule has 0 amide bonds. The molecule has 2 aliphatic rings. The Morgan fingerprint density at radius 3 is 2.94 bits per heavy atom. The number of rotatable bonds is 1. The number of nitrogens with two attached hydrogens (primary N) is 2. The third kappa shape index (κ3) is 1.86. The summed E-state index contributed by atoms with van der Waals surface area (Å²) < 4.78 is 0. The zero-order valence-electron chi connectivity index (χ0n) is 10.9. The molecule has 3 nitrogen and oxygen atoms in total. The number of hydrogen-bond donors (Lipinski definition) is 2. The highest BCUT2D eigenvalue weighted by molar-refractivity contribution is 5.30. The molecule has 0 saturated heterocycles. The van der Waals surface area contributed by atoms with Crippen molar-refractivity contribution in [1.29, 1.82) is 0 Å². The van der Waals surface area contributed by atoms with Crippen LogP contribution in [0.1, 0.15) is 55.7 Å². The van der Waals surface area contributed by atoms with Crippen molar-refractivity contribution >= 4 is 0 Å². The average molecular weight is 245 g/mol. The maximum atomic E-state index is 6.73. The van der Waals surface area contributed by atoms with Gasteiger partial charge in [-0.3, -0.25) is 4.98 Å². The van der Waals surface area contributed by atoms with Crippen molar-refractivity contribution in [2.75, 3.05) is 0 Å². The van der Waals surface area contributed by atoms with E-state index in [0.717, 1.165) is 25.7 Å². The molecule has 98 valence electrons. The fourth-order valence-electron chi connectivity index (χ4n) is 3.81. The lowest BCUT2D eigenvalue weighted by Crippen LogP contribution is -2.61. The van der Waals surface area contributed by atoms with Crippen LogP contribution >= 0.6 is 0 Å². The maximum Gasteiger partial charge on any atom is 0.0485 e. The fraction of sp³-hybridized carbons (Fsp3) is 0.667. The number of hydrogen-bond acceptors (Lipinski definition) is 3. The number of aromatic nitrogens is 1. The molecule has 2 aliphatic carbocycles. The van der Waals surface area contributed by atoms with Crippen molar-refractivity contribution in [3.63, 3.8) is 0 Å².